The van der Waals surface area contributed by atoms with Crippen LogP contribution in [0.25, 0.3) is 0 Å². The molecule has 1 rings (SSSR count). The van der Waals surface area contributed by atoms with Crippen molar-refractivity contribution >= 4 is 0 Å². The van der Waals surface area contributed by atoms with Crippen LogP contribution in [0.5, 0.6) is 11.5 Å². The highest BCUT2D eigenvalue weighted by atomic mass is 16.5. The summed E-state index contributed by atoms with van der Waals surface area (Å²) in [6.07, 6.45) is 1.60. The summed E-state index contributed by atoms with van der Waals surface area (Å²) in [4.78, 5) is 0. The lowest BCUT2D eigenvalue weighted by molar-refractivity contribution is 0.396. The number of methoxy groups -OCH3 is 2. The molecule has 0 saturated carbocycles. The lowest BCUT2D eigenvalue weighted by atomic mass is 10.0. The lowest BCUT2D eigenvalue weighted by Gasteiger charge is -2.14. The smallest absolute Gasteiger partial charge is 0.137 e. The second-order valence-corrected chi connectivity index (χ2v) is 3.85. The molecule has 2 N–H and O–H groups in total. The van der Waals surface area contributed by atoms with Crippen molar-refractivity contribution < 1.29 is 9.47 Å². The normalized spacial score (nSPS) is 11.7. The van der Waals surface area contributed by atoms with Crippen LogP contribution in [0, 0.1) is 11.3 Å². The van der Waals surface area contributed by atoms with Crippen molar-refractivity contribution in [2.45, 2.75) is 25.8 Å². The number of rotatable bonds is 5. The van der Waals surface area contributed by atoms with E-state index in [1.54, 1.807) is 20.3 Å². The highest BCUT2D eigenvalue weighted by molar-refractivity contribution is 5.52. The molecule has 17 heavy (non-hydrogen) atoms. The van der Waals surface area contributed by atoms with E-state index in [-0.39, 0.29) is 6.04 Å². The zero-order valence-electron chi connectivity index (χ0n) is 10.5. The monoisotopic (exact) mass is 234 g/mol. The van der Waals surface area contributed by atoms with Crippen LogP contribution in [0.15, 0.2) is 12.1 Å². The summed E-state index contributed by atoms with van der Waals surface area (Å²) in [5.74, 6) is 1.25. The van der Waals surface area contributed by atoms with Gasteiger partial charge in [0.25, 0.3) is 0 Å². The van der Waals surface area contributed by atoms with Gasteiger partial charge in [-0.2, -0.15) is 5.26 Å². The minimum atomic E-state index is 0.0848. The van der Waals surface area contributed by atoms with Gasteiger partial charge < -0.3 is 15.2 Å². The topological polar surface area (TPSA) is 68.3 Å². The summed E-state index contributed by atoms with van der Waals surface area (Å²) < 4.78 is 10.4. The van der Waals surface area contributed by atoms with Crippen molar-refractivity contribution in [2.24, 2.45) is 5.73 Å². The fraction of sp³-hybridized carbons (Fsp3) is 0.462. The van der Waals surface area contributed by atoms with Crippen LogP contribution in [0.3, 0.4) is 0 Å². The summed E-state index contributed by atoms with van der Waals surface area (Å²) in [6.45, 7) is 2.04. The molecule has 0 aromatic heterocycles. The van der Waals surface area contributed by atoms with Gasteiger partial charge in [-0.05, 0) is 24.5 Å². The number of hydrogen-bond acceptors (Lipinski definition) is 4. The average molecular weight is 234 g/mol. The third-order valence-corrected chi connectivity index (χ3v) is 2.73. The van der Waals surface area contributed by atoms with E-state index in [1.165, 1.54) is 0 Å². The van der Waals surface area contributed by atoms with Gasteiger partial charge in [0.2, 0.25) is 0 Å². The van der Waals surface area contributed by atoms with Crippen molar-refractivity contribution in [1.82, 2.24) is 0 Å². The van der Waals surface area contributed by atoms with Gasteiger partial charge in [-0.1, -0.05) is 6.92 Å². The van der Waals surface area contributed by atoms with Crippen LogP contribution in [0.4, 0.5) is 0 Å². The van der Waals surface area contributed by atoms with Crippen molar-refractivity contribution in [1.29, 1.82) is 5.26 Å². The Bertz CT molecular complexity index is 424. The quantitative estimate of drug-likeness (QED) is 0.844. The van der Waals surface area contributed by atoms with E-state index in [9.17, 15) is 0 Å². The van der Waals surface area contributed by atoms with Gasteiger partial charge >= 0.3 is 0 Å². The number of nitriles is 1. The van der Waals surface area contributed by atoms with Crippen LogP contribution < -0.4 is 15.2 Å². The first-order valence-electron chi connectivity index (χ1n) is 5.56. The Balaban J connectivity index is 3.15. The van der Waals surface area contributed by atoms with Crippen LogP contribution in [-0.4, -0.2) is 20.3 Å². The van der Waals surface area contributed by atoms with Crippen LogP contribution in [0.2, 0.25) is 0 Å². The van der Waals surface area contributed by atoms with Gasteiger partial charge in [0, 0.05) is 12.1 Å². The predicted molar refractivity (Wildman–Crippen MR) is 66.2 cm³/mol. The molecule has 0 amide bonds. The van der Waals surface area contributed by atoms with Crippen molar-refractivity contribution in [3.8, 4) is 17.6 Å². The Labute approximate surface area is 102 Å². The van der Waals surface area contributed by atoms with Gasteiger partial charge in [-0.15, -0.1) is 0 Å². The maximum absolute atomic E-state index is 8.98. The number of nitrogens with zero attached hydrogens (tertiary/aromatic N) is 1. The highest BCUT2D eigenvalue weighted by Gasteiger charge is 2.13. The Kier molecular flexibility index (Phi) is 4.80. The molecule has 0 aliphatic heterocycles. The molecule has 1 aromatic carbocycles. The molecule has 0 bridgehead atoms. The maximum Gasteiger partial charge on any atom is 0.137 e. The van der Waals surface area contributed by atoms with E-state index in [2.05, 4.69) is 6.07 Å². The number of ether oxygens (including phenoxy) is 2. The molecule has 0 saturated heterocycles. The van der Waals surface area contributed by atoms with Crippen LogP contribution in [0.1, 0.15) is 24.5 Å². The van der Waals surface area contributed by atoms with E-state index in [4.69, 9.17) is 20.5 Å². The van der Waals surface area contributed by atoms with E-state index in [0.717, 1.165) is 12.0 Å². The Morgan fingerprint density at radius 3 is 2.41 bits per heavy atom. The van der Waals surface area contributed by atoms with E-state index in [0.29, 0.717) is 23.5 Å². The standard InChI is InChI=1S/C13H18N2O2/c1-4-11(15)5-9-6-13(17-3)10(8-14)7-12(9)16-2/h6-7,11H,4-5,15H2,1-3H3. The molecule has 4 heteroatoms. The second kappa shape index (κ2) is 6.12. The molecular formula is C13H18N2O2. The zero-order valence-corrected chi connectivity index (χ0v) is 10.5. The van der Waals surface area contributed by atoms with Gasteiger partial charge in [0.15, 0.2) is 0 Å². The first kappa shape index (κ1) is 13.3. The molecule has 1 unspecified atom stereocenters. The molecule has 0 aliphatic rings. The highest BCUT2D eigenvalue weighted by Crippen LogP contribution is 2.29. The third-order valence-electron chi connectivity index (χ3n) is 2.73. The summed E-state index contributed by atoms with van der Waals surface area (Å²) in [6, 6.07) is 5.68. The van der Waals surface area contributed by atoms with Crippen molar-refractivity contribution in [3.63, 3.8) is 0 Å². The molecule has 4 nitrogen and oxygen atoms in total. The molecular weight excluding hydrogens is 216 g/mol. The summed E-state index contributed by atoms with van der Waals surface area (Å²) >= 11 is 0. The van der Waals surface area contributed by atoms with Gasteiger partial charge in [-0.3, -0.25) is 0 Å². The number of nitrogens with two attached hydrogens (primary N) is 1. The fourth-order valence-electron chi connectivity index (χ4n) is 1.63. The van der Waals surface area contributed by atoms with Crippen molar-refractivity contribution in [2.75, 3.05) is 14.2 Å². The molecule has 0 aliphatic carbocycles. The Hall–Kier alpha value is -1.73. The molecule has 0 radical (unpaired) electrons. The first-order chi connectivity index (χ1) is 8.15. The lowest BCUT2D eigenvalue weighted by Crippen LogP contribution is -2.21. The molecule has 1 atom stereocenters. The maximum atomic E-state index is 8.98. The van der Waals surface area contributed by atoms with E-state index in [1.807, 2.05) is 13.0 Å². The van der Waals surface area contributed by atoms with Gasteiger partial charge in [-0.25, -0.2) is 0 Å². The number of benzene rings is 1. The largest absolute Gasteiger partial charge is 0.496 e. The summed E-state index contributed by atoms with van der Waals surface area (Å²) in [5, 5.41) is 8.98. The fourth-order valence-corrected chi connectivity index (χ4v) is 1.63. The van der Waals surface area contributed by atoms with Gasteiger partial charge in [0.05, 0.1) is 19.8 Å². The van der Waals surface area contributed by atoms with E-state index < -0.39 is 0 Å². The molecule has 0 fully saturated rings. The van der Waals surface area contributed by atoms with Crippen LogP contribution in [-0.2, 0) is 6.42 Å². The molecule has 0 spiro atoms. The van der Waals surface area contributed by atoms with E-state index >= 15 is 0 Å². The number of hydrogen-bond donors (Lipinski definition) is 1. The SMILES string of the molecule is CCC(N)Cc1cc(OC)c(C#N)cc1OC. The minimum Gasteiger partial charge on any atom is -0.496 e. The average Bonchev–Trinajstić information content (AvgIpc) is 2.37. The van der Waals surface area contributed by atoms with Crippen LogP contribution >= 0.6 is 0 Å². The van der Waals surface area contributed by atoms with Gasteiger partial charge in [0.1, 0.15) is 17.6 Å². The molecule has 92 valence electrons. The Morgan fingerprint density at radius 2 is 1.94 bits per heavy atom. The first-order valence-corrected chi connectivity index (χ1v) is 5.56. The van der Waals surface area contributed by atoms with Crippen molar-refractivity contribution in [3.05, 3.63) is 23.3 Å². The molecule has 0 heterocycles. The minimum absolute atomic E-state index is 0.0848. The zero-order chi connectivity index (χ0) is 12.8. The Morgan fingerprint density at radius 1 is 1.29 bits per heavy atom. The predicted octanol–water partition coefficient (Wildman–Crippen LogP) is 1.86. The summed E-state index contributed by atoms with van der Waals surface area (Å²) in [7, 11) is 3.14. The molecule has 1 aromatic rings. The summed E-state index contributed by atoms with van der Waals surface area (Å²) in [5.41, 5.74) is 7.37. The second-order valence-electron chi connectivity index (χ2n) is 3.85. The third kappa shape index (κ3) is 3.11.